The number of aliphatic hydroxyl groups is 1. The molecule has 3 N–H and O–H groups in total. The number of aromatic nitrogens is 3. The van der Waals surface area contributed by atoms with Gasteiger partial charge in [-0.2, -0.15) is 15.0 Å². The lowest BCUT2D eigenvalue weighted by molar-refractivity contribution is 0.0639. The average Bonchev–Trinajstić information content (AvgIpc) is 2.65. The minimum Gasteiger partial charge on any atom is -0.496 e. The number of hydrogen-bond donors (Lipinski definition) is 2. The molecule has 2 aromatic rings. The van der Waals surface area contributed by atoms with E-state index >= 15 is 0 Å². The molecular weight excluding hydrogens is 348 g/mol. The number of ether oxygens (including phenoxy) is 2. The molecule has 1 aromatic carbocycles. The van der Waals surface area contributed by atoms with E-state index in [1.165, 1.54) is 0 Å². The molecule has 3 rings (SSSR count). The number of anilines is 2. The van der Waals surface area contributed by atoms with E-state index in [0.717, 1.165) is 11.1 Å². The van der Waals surface area contributed by atoms with Crippen LogP contribution in [0.15, 0.2) is 12.1 Å². The number of methoxy groups -OCH3 is 2. The van der Waals surface area contributed by atoms with E-state index in [9.17, 15) is 5.11 Å². The number of nitrogen functional groups attached to an aromatic ring is 1. The van der Waals surface area contributed by atoms with Crippen molar-refractivity contribution in [2.45, 2.75) is 25.6 Å². The van der Waals surface area contributed by atoms with Crippen LogP contribution in [-0.2, 0) is 6.54 Å². The summed E-state index contributed by atoms with van der Waals surface area (Å²) in [5, 5.41) is 10.8. The Hall–Kier alpha value is -2.65. The van der Waals surface area contributed by atoms with Gasteiger partial charge < -0.3 is 25.2 Å². The molecule has 146 valence electrons. The molecule has 27 heavy (non-hydrogen) atoms. The Balaban J connectivity index is 1.97. The first-order valence-electron chi connectivity index (χ1n) is 8.70. The third-order valence-corrected chi connectivity index (χ3v) is 4.80. The Labute approximate surface area is 158 Å². The minimum atomic E-state index is -0.714. The Morgan fingerprint density at radius 2 is 1.85 bits per heavy atom. The van der Waals surface area contributed by atoms with E-state index in [4.69, 9.17) is 15.2 Å². The van der Waals surface area contributed by atoms with Crippen LogP contribution in [0.3, 0.4) is 0 Å². The third kappa shape index (κ3) is 3.60. The zero-order valence-corrected chi connectivity index (χ0v) is 16.3. The molecule has 0 radical (unpaired) electrons. The van der Waals surface area contributed by atoms with E-state index in [2.05, 4.69) is 19.9 Å². The van der Waals surface area contributed by atoms with Gasteiger partial charge in [0, 0.05) is 38.3 Å². The van der Waals surface area contributed by atoms with Gasteiger partial charge in [0.15, 0.2) is 5.82 Å². The van der Waals surface area contributed by atoms with Crippen molar-refractivity contribution in [2.24, 2.45) is 0 Å². The number of rotatable bonds is 5. The smallest absolute Gasteiger partial charge is 0.229 e. The number of hydrogen-bond acceptors (Lipinski definition) is 9. The standard InChI is InChI=1S/C18H26N6O3/c1-10(16-20-17(19)22-18(21-16)23(2)3)24-8-11-13(26-4)6-7-14(27-5)15(11)12(25)9-24/h6-7,10,12,25H,8-9H2,1-5H3,(H2,19,20,21,22)/t10-,12-/m1/s1. The van der Waals surface area contributed by atoms with Crippen LogP contribution in [0, 0.1) is 0 Å². The highest BCUT2D eigenvalue weighted by Gasteiger charge is 2.33. The van der Waals surface area contributed by atoms with Crippen LogP contribution in [0.25, 0.3) is 0 Å². The van der Waals surface area contributed by atoms with Crippen LogP contribution in [0.4, 0.5) is 11.9 Å². The summed E-state index contributed by atoms with van der Waals surface area (Å²) in [6.45, 7) is 2.97. The van der Waals surface area contributed by atoms with Crippen LogP contribution in [0.5, 0.6) is 11.5 Å². The molecule has 0 saturated heterocycles. The molecule has 1 aliphatic rings. The summed E-state index contributed by atoms with van der Waals surface area (Å²) in [5.41, 5.74) is 7.53. The fourth-order valence-corrected chi connectivity index (χ4v) is 3.34. The van der Waals surface area contributed by atoms with Crippen molar-refractivity contribution in [3.8, 4) is 11.5 Å². The van der Waals surface area contributed by atoms with Crippen molar-refractivity contribution in [1.82, 2.24) is 19.9 Å². The first kappa shape index (κ1) is 19.1. The van der Waals surface area contributed by atoms with Gasteiger partial charge in [-0.1, -0.05) is 0 Å². The van der Waals surface area contributed by atoms with Crippen LogP contribution < -0.4 is 20.1 Å². The predicted octanol–water partition coefficient (Wildman–Crippen LogP) is 1.15. The number of β-amino-alcohol motifs (C(OH)–C–C–N with tert-alkyl or cyclic N) is 1. The first-order chi connectivity index (χ1) is 12.8. The van der Waals surface area contributed by atoms with Gasteiger partial charge in [0.25, 0.3) is 0 Å². The second kappa shape index (κ2) is 7.53. The number of benzene rings is 1. The van der Waals surface area contributed by atoms with Crippen molar-refractivity contribution in [2.75, 3.05) is 45.5 Å². The van der Waals surface area contributed by atoms with E-state index in [0.29, 0.717) is 36.4 Å². The van der Waals surface area contributed by atoms with E-state index in [-0.39, 0.29) is 12.0 Å². The monoisotopic (exact) mass is 374 g/mol. The number of nitrogens with zero attached hydrogens (tertiary/aromatic N) is 5. The van der Waals surface area contributed by atoms with E-state index in [1.54, 1.807) is 19.1 Å². The molecule has 0 aliphatic carbocycles. The average molecular weight is 374 g/mol. The van der Waals surface area contributed by atoms with Gasteiger partial charge in [-0.25, -0.2) is 0 Å². The number of fused-ring (bicyclic) bond motifs is 1. The summed E-state index contributed by atoms with van der Waals surface area (Å²) in [7, 11) is 6.91. The van der Waals surface area contributed by atoms with Gasteiger partial charge in [-0.15, -0.1) is 0 Å². The first-order valence-corrected chi connectivity index (χ1v) is 8.70. The molecule has 0 fully saturated rings. The zero-order chi connectivity index (χ0) is 19.7. The molecule has 0 amide bonds. The van der Waals surface area contributed by atoms with Gasteiger partial charge in [0.1, 0.15) is 11.5 Å². The van der Waals surface area contributed by atoms with Gasteiger partial charge in [0.2, 0.25) is 11.9 Å². The van der Waals surface area contributed by atoms with Crippen molar-refractivity contribution in [1.29, 1.82) is 0 Å². The van der Waals surface area contributed by atoms with Gasteiger partial charge in [-0.3, -0.25) is 4.90 Å². The lowest BCUT2D eigenvalue weighted by atomic mass is 9.94. The molecule has 0 saturated carbocycles. The lowest BCUT2D eigenvalue weighted by Gasteiger charge is -2.36. The fourth-order valence-electron chi connectivity index (χ4n) is 3.34. The molecule has 0 unspecified atom stereocenters. The van der Waals surface area contributed by atoms with E-state index < -0.39 is 6.10 Å². The molecule has 9 heteroatoms. The molecule has 0 bridgehead atoms. The number of nitrogens with two attached hydrogens (primary N) is 1. The maximum absolute atomic E-state index is 10.8. The highest BCUT2D eigenvalue weighted by molar-refractivity contribution is 5.51. The second-order valence-corrected chi connectivity index (χ2v) is 6.73. The SMILES string of the molecule is COc1ccc(OC)c2c1CN([C@H](C)c1nc(N)nc(N(C)C)n1)C[C@H]2O. The number of aliphatic hydroxyl groups excluding tert-OH is 1. The fraction of sp³-hybridized carbons (Fsp3) is 0.500. The Morgan fingerprint density at radius 1 is 1.19 bits per heavy atom. The Bertz CT molecular complexity index is 829. The molecular formula is C18H26N6O3. The third-order valence-electron chi connectivity index (χ3n) is 4.80. The van der Waals surface area contributed by atoms with Crippen LogP contribution >= 0.6 is 0 Å². The summed E-state index contributed by atoms with van der Waals surface area (Å²) < 4.78 is 10.9. The molecule has 2 atom stereocenters. The van der Waals surface area contributed by atoms with Crippen LogP contribution in [0.1, 0.15) is 36.0 Å². The second-order valence-electron chi connectivity index (χ2n) is 6.73. The van der Waals surface area contributed by atoms with Gasteiger partial charge in [-0.05, 0) is 19.1 Å². The molecule has 2 heterocycles. The van der Waals surface area contributed by atoms with Gasteiger partial charge >= 0.3 is 0 Å². The van der Waals surface area contributed by atoms with Gasteiger partial charge in [0.05, 0.1) is 26.4 Å². The summed E-state index contributed by atoms with van der Waals surface area (Å²) in [5.74, 6) is 2.61. The largest absolute Gasteiger partial charge is 0.496 e. The highest BCUT2D eigenvalue weighted by atomic mass is 16.5. The Kier molecular flexibility index (Phi) is 5.33. The maximum atomic E-state index is 10.8. The van der Waals surface area contributed by atoms with Crippen LogP contribution in [-0.4, -0.2) is 59.8 Å². The molecule has 1 aliphatic heterocycles. The molecule has 9 nitrogen and oxygen atoms in total. The maximum Gasteiger partial charge on any atom is 0.229 e. The Morgan fingerprint density at radius 3 is 2.48 bits per heavy atom. The molecule has 1 aromatic heterocycles. The van der Waals surface area contributed by atoms with Crippen molar-refractivity contribution in [3.05, 3.63) is 29.1 Å². The predicted molar refractivity (Wildman–Crippen MR) is 102 cm³/mol. The van der Waals surface area contributed by atoms with Crippen molar-refractivity contribution in [3.63, 3.8) is 0 Å². The quantitative estimate of drug-likeness (QED) is 0.796. The minimum absolute atomic E-state index is 0.173. The highest BCUT2D eigenvalue weighted by Crippen LogP contribution is 2.41. The summed E-state index contributed by atoms with van der Waals surface area (Å²) in [4.78, 5) is 16.8. The molecule has 0 spiro atoms. The van der Waals surface area contributed by atoms with Crippen molar-refractivity contribution >= 4 is 11.9 Å². The topological polar surface area (TPSA) is 110 Å². The van der Waals surface area contributed by atoms with Crippen molar-refractivity contribution < 1.29 is 14.6 Å². The lowest BCUT2D eigenvalue weighted by Crippen LogP contribution is -2.37. The van der Waals surface area contributed by atoms with Crippen LogP contribution in [0.2, 0.25) is 0 Å². The van der Waals surface area contributed by atoms with E-state index in [1.807, 2.05) is 33.2 Å². The summed E-state index contributed by atoms with van der Waals surface area (Å²) >= 11 is 0. The summed E-state index contributed by atoms with van der Waals surface area (Å²) in [6, 6.07) is 3.49. The summed E-state index contributed by atoms with van der Waals surface area (Å²) in [6.07, 6.45) is -0.714. The normalized spacial score (nSPS) is 17.9. The zero-order valence-electron chi connectivity index (χ0n) is 16.3.